The summed E-state index contributed by atoms with van der Waals surface area (Å²) in [5.74, 6) is 0. The molecule has 58 valence electrons. The van der Waals surface area contributed by atoms with Gasteiger partial charge >= 0.3 is 12.5 Å². The van der Waals surface area contributed by atoms with Gasteiger partial charge in [0.2, 0.25) is 0 Å². The van der Waals surface area contributed by atoms with Gasteiger partial charge in [-0.25, -0.2) is 4.79 Å². The maximum absolute atomic E-state index is 10.5. The first kappa shape index (κ1) is 8.74. The van der Waals surface area contributed by atoms with Gasteiger partial charge < -0.3 is 10.2 Å². The third-order valence-corrected chi connectivity index (χ3v) is 0.735. The summed E-state index contributed by atoms with van der Waals surface area (Å²) < 4.78 is 0. The van der Waals surface area contributed by atoms with E-state index < -0.39 is 6.03 Å². The summed E-state index contributed by atoms with van der Waals surface area (Å²) in [6.07, 6.45) is 0.842. The molecule has 0 aromatic carbocycles. The summed E-state index contributed by atoms with van der Waals surface area (Å²) in [4.78, 5) is 23.9. The lowest BCUT2D eigenvalue weighted by molar-refractivity contribution is -0.133. The van der Waals surface area contributed by atoms with E-state index >= 15 is 0 Å². The molecule has 0 aromatic rings. The Kier molecular flexibility index (Phi) is 5.13. The third-order valence-electron chi connectivity index (χ3n) is 0.735. The van der Waals surface area contributed by atoms with Crippen molar-refractivity contribution in [2.45, 2.75) is 13.3 Å². The number of hydroxylamine groups is 1. The van der Waals surface area contributed by atoms with Gasteiger partial charge in [0.05, 0.1) is 0 Å². The molecule has 0 atom stereocenters. The molecule has 5 nitrogen and oxygen atoms in total. The average Bonchev–Trinajstić information content (AvgIpc) is 1.97. The summed E-state index contributed by atoms with van der Waals surface area (Å²) in [5.41, 5.74) is 1.85. The molecular weight excluding hydrogens is 136 g/mol. The van der Waals surface area contributed by atoms with Crippen LogP contribution in [0.15, 0.2) is 0 Å². The fraction of sp³-hybridized carbons (Fsp3) is 0.600. The van der Waals surface area contributed by atoms with Crippen molar-refractivity contribution in [3.8, 4) is 0 Å². The van der Waals surface area contributed by atoms with Crippen LogP contribution in [0.2, 0.25) is 0 Å². The summed E-state index contributed by atoms with van der Waals surface area (Å²) in [5, 5.41) is 2.43. The molecule has 2 N–H and O–H groups in total. The second-order valence-electron chi connectivity index (χ2n) is 1.57. The highest BCUT2D eigenvalue weighted by molar-refractivity contribution is 5.73. The van der Waals surface area contributed by atoms with Crippen molar-refractivity contribution >= 4 is 12.5 Å². The number of amides is 2. The Hall–Kier alpha value is -1.26. The molecule has 0 bridgehead atoms. The molecule has 5 heteroatoms. The van der Waals surface area contributed by atoms with Gasteiger partial charge in [-0.3, -0.25) is 4.79 Å². The fourth-order valence-corrected chi connectivity index (χ4v) is 0.352. The number of carbonyl (C=O) groups excluding carboxylic acids is 2. The molecule has 0 fully saturated rings. The molecule has 0 saturated carbocycles. The minimum absolute atomic E-state index is 0.144. The first-order valence-electron chi connectivity index (χ1n) is 2.94. The predicted molar refractivity (Wildman–Crippen MR) is 34.0 cm³/mol. The molecule has 0 saturated heterocycles. The molecule has 0 spiro atoms. The molecule has 0 unspecified atom stereocenters. The number of hydrogen-bond donors (Lipinski definition) is 2. The zero-order valence-corrected chi connectivity index (χ0v) is 5.72. The van der Waals surface area contributed by atoms with Gasteiger partial charge in [-0.2, -0.15) is 5.48 Å². The van der Waals surface area contributed by atoms with E-state index in [1.54, 1.807) is 0 Å². The van der Waals surface area contributed by atoms with Gasteiger partial charge in [0, 0.05) is 6.54 Å². The zero-order chi connectivity index (χ0) is 7.82. The number of carbonyl (C=O) groups is 2. The van der Waals surface area contributed by atoms with Crippen molar-refractivity contribution in [2.24, 2.45) is 0 Å². The van der Waals surface area contributed by atoms with Crippen LogP contribution in [0.3, 0.4) is 0 Å². The largest absolute Gasteiger partial charge is 0.348 e. The summed E-state index contributed by atoms with van der Waals surface area (Å²) in [6, 6.07) is -0.506. The SMILES string of the molecule is CCCNC(=O)NOC=O. The summed E-state index contributed by atoms with van der Waals surface area (Å²) in [6.45, 7) is 2.63. The Bertz CT molecular complexity index is 115. The van der Waals surface area contributed by atoms with Crippen molar-refractivity contribution in [3.63, 3.8) is 0 Å². The molecule has 0 aliphatic carbocycles. The molecule has 0 heterocycles. The highest BCUT2D eigenvalue weighted by atomic mass is 16.7. The van der Waals surface area contributed by atoms with E-state index in [0.717, 1.165) is 6.42 Å². The standard InChI is InChI=1S/C5H10N2O3/c1-2-3-6-5(9)7-10-4-8/h4H,2-3H2,1H3,(H2,6,7,9). The van der Waals surface area contributed by atoms with Crippen LogP contribution in [0, 0.1) is 0 Å². The Morgan fingerprint density at radius 2 is 2.40 bits per heavy atom. The maximum atomic E-state index is 10.5. The van der Waals surface area contributed by atoms with Crippen LogP contribution in [0.1, 0.15) is 13.3 Å². The molecule has 2 amide bonds. The summed E-state index contributed by atoms with van der Waals surface area (Å²) in [7, 11) is 0. The van der Waals surface area contributed by atoms with Crippen molar-refractivity contribution in [2.75, 3.05) is 6.54 Å². The second kappa shape index (κ2) is 5.87. The topological polar surface area (TPSA) is 67.4 Å². The van der Waals surface area contributed by atoms with Crippen molar-refractivity contribution in [1.29, 1.82) is 0 Å². The van der Waals surface area contributed by atoms with E-state index in [-0.39, 0.29) is 6.47 Å². The van der Waals surface area contributed by atoms with Crippen LogP contribution in [0.4, 0.5) is 4.79 Å². The minimum atomic E-state index is -0.506. The molecule has 0 aliphatic rings. The maximum Gasteiger partial charge on any atom is 0.348 e. The number of nitrogens with one attached hydrogen (secondary N) is 2. The Morgan fingerprint density at radius 1 is 1.70 bits per heavy atom. The number of rotatable bonds is 4. The van der Waals surface area contributed by atoms with Crippen molar-refractivity contribution in [3.05, 3.63) is 0 Å². The highest BCUT2D eigenvalue weighted by Gasteiger charge is 1.94. The zero-order valence-electron chi connectivity index (χ0n) is 5.72. The van der Waals surface area contributed by atoms with Gasteiger partial charge in [-0.05, 0) is 6.42 Å². The van der Waals surface area contributed by atoms with E-state index in [1.807, 2.05) is 12.4 Å². The minimum Gasteiger partial charge on any atom is -0.343 e. The van der Waals surface area contributed by atoms with Gasteiger partial charge in [-0.1, -0.05) is 6.92 Å². The van der Waals surface area contributed by atoms with Gasteiger partial charge in [0.15, 0.2) is 0 Å². The van der Waals surface area contributed by atoms with Crippen LogP contribution in [0.5, 0.6) is 0 Å². The van der Waals surface area contributed by atoms with Crippen LogP contribution in [0.25, 0.3) is 0 Å². The van der Waals surface area contributed by atoms with E-state index in [9.17, 15) is 9.59 Å². The number of urea groups is 1. The molecule has 0 radical (unpaired) electrons. The Labute approximate surface area is 58.7 Å². The van der Waals surface area contributed by atoms with E-state index in [2.05, 4.69) is 10.2 Å². The van der Waals surface area contributed by atoms with Gasteiger partial charge in [0.1, 0.15) is 0 Å². The normalized spacial score (nSPS) is 8.10. The smallest absolute Gasteiger partial charge is 0.343 e. The Balaban J connectivity index is 3.16. The molecule has 0 aromatic heterocycles. The van der Waals surface area contributed by atoms with E-state index in [1.165, 1.54) is 0 Å². The molecule has 0 aliphatic heterocycles. The van der Waals surface area contributed by atoms with Crippen LogP contribution < -0.4 is 10.8 Å². The molecule has 0 rings (SSSR count). The van der Waals surface area contributed by atoms with Crippen molar-refractivity contribution < 1.29 is 14.4 Å². The summed E-state index contributed by atoms with van der Waals surface area (Å²) >= 11 is 0. The lowest BCUT2D eigenvalue weighted by Gasteiger charge is -2.01. The first-order valence-corrected chi connectivity index (χ1v) is 2.94. The lowest BCUT2D eigenvalue weighted by Crippen LogP contribution is -2.35. The van der Waals surface area contributed by atoms with E-state index in [4.69, 9.17) is 0 Å². The highest BCUT2D eigenvalue weighted by Crippen LogP contribution is 1.69. The fourth-order valence-electron chi connectivity index (χ4n) is 0.352. The number of hydrogen-bond acceptors (Lipinski definition) is 3. The average molecular weight is 146 g/mol. The van der Waals surface area contributed by atoms with E-state index in [0.29, 0.717) is 6.54 Å². The van der Waals surface area contributed by atoms with Crippen molar-refractivity contribution in [1.82, 2.24) is 10.8 Å². The molecular formula is C5H10N2O3. The van der Waals surface area contributed by atoms with Gasteiger partial charge in [-0.15, -0.1) is 0 Å². The van der Waals surface area contributed by atoms with Gasteiger partial charge in [0.25, 0.3) is 0 Å². The third kappa shape index (κ3) is 4.89. The van der Waals surface area contributed by atoms with Crippen LogP contribution >= 0.6 is 0 Å². The monoisotopic (exact) mass is 146 g/mol. The quantitative estimate of drug-likeness (QED) is 0.425. The lowest BCUT2D eigenvalue weighted by atomic mass is 10.5. The second-order valence-corrected chi connectivity index (χ2v) is 1.57. The first-order chi connectivity index (χ1) is 4.81. The van der Waals surface area contributed by atoms with Crippen LogP contribution in [-0.4, -0.2) is 19.0 Å². The molecule has 10 heavy (non-hydrogen) atoms. The van der Waals surface area contributed by atoms with Crippen LogP contribution in [-0.2, 0) is 9.63 Å². The Morgan fingerprint density at radius 3 is 2.90 bits per heavy atom. The predicted octanol–water partition coefficient (Wildman–Crippen LogP) is -0.216.